The van der Waals surface area contributed by atoms with Crippen LogP contribution in [0.4, 0.5) is 0 Å². The van der Waals surface area contributed by atoms with Gasteiger partial charge in [-0.05, 0) is 6.92 Å². The van der Waals surface area contributed by atoms with Gasteiger partial charge in [0.2, 0.25) is 0 Å². The van der Waals surface area contributed by atoms with Crippen molar-refractivity contribution in [3.05, 3.63) is 6.54 Å². The molecule has 0 aromatic carbocycles. The van der Waals surface area contributed by atoms with E-state index >= 15 is 0 Å². The predicted octanol–water partition coefficient (Wildman–Crippen LogP) is -0.271. The number of rotatable bonds is 0. The van der Waals surface area contributed by atoms with Crippen LogP contribution in [-0.4, -0.2) is 19.1 Å². The zero-order valence-electron chi connectivity index (χ0n) is 4.57. The molecule has 1 atom stereocenters. The Morgan fingerprint density at radius 1 is 1.57 bits per heavy atom. The van der Waals surface area contributed by atoms with Crippen LogP contribution in [0.1, 0.15) is 6.92 Å². The van der Waals surface area contributed by atoms with Crippen molar-refractivity contribution in [2.24, 2.45) is 0 Å². The van der Waals surface area contributed by atoms with Crippen LogP contribution in [0.5, 0.6) is 0 Å². The molecule has 1 aliphatic rings. The first-order chi connectivity index (χ1) is 3.39. The van der Waals surface area contributed by atoms with Gasteiger partial charge < -0.3 is 10.6 Å². The molecule has 7 heavy (non-hydrogen) atoms. The molecule has 2 nitrogen and oxygen atoms in total. The lowest BCUT2D eigenvalue weighted by Crippen LogP contribution is -2.42. The maximum absolute atomic E-state index is 3.26. The molecule has 0 unspecified atom stereocenters. The highest BCUT2D eigenvalue weighted by Crippen LogP contribution is 1.86. The van der Waals surface area contributed by atoms with Crippen LogP contribution in [0.2, 0.25) is 0 Å². The first-order valence-corrected chi connectivity index (χ1v) is 2.70. The van der Waals surface area contributed by atoms with E-state index in [2.05, 4.69) is 24.1 Å². The Bertz CT molecular complexity index is 48.0. The van der Waals surface area contributed by atoms with E-state index in [-0.39, 0.29) is 0 Å². The van der Waals surface area contributed by atoms with Gasteiger partial charge in [-0.3, -0.25) is 0 Å². The fraction of sp³-hybridized carbons (Fsp3) is 0.800. The minimum absolute atomic E-state index is 0.550. The maximum Gasteiger partial charge on any atom is 0.0388 e. The van der Waals surface area contributed by atoms with Crippen LogP contribution >= 0.6 is 0 Å². The molecule has 0 aliphatic carbocycles. The SMILES string of the molecule is C[C@@H]1[CH]NCCN1. The third kappa shape index (κ3) is 1.45. The number of hydrogen-bond acceptors (Lipinski definition) is 2. The van der Waals surface area contributed by atoms with Crippen LogP contribution in [0.15, 0.2) is 0 Å². The van der Waals surface area contributed by atoms with Crippen molar-refractivity contribution in [3.8, 4) is 0 Å². The van der Waals surface area contributed by atoms with Crippen molar-refractivity contribution in [2.75, 3.05) is 13.1 Å². The van der Waals surface area contributed by atoms with Gasteiger partial charge in [0.05, 0.1) is 0 Å². The molecule has 0 spiro atoms. The highest BCUT2D eigenvalue weighted by atomic mass is 15.0. The van der Waals surface area contributed by atoms with Gasteiger partial charge in [0.1, 0.15) is 0 Å². The van der Waals surface area contributed by atoms with E-state index < -0.39 is 0 Å². The lowest BCUT2D eigenvalue weighted by atomic mass is 10.3. The Balaban J connectivity index is 2.12. The third-order valence-corrected chi connectivity index (χ3v) is 1.10. The molecule has 0 aromatic rings. The van der Waals surface area contributed by atoms with Gasteiger partial charge in [0, 0.05) is 25.7 Å². The fourth-order valence-corrected chi connectivity index (χ4v) is 0.691. The Kier molecular flexibility index (Phi) is 1.65. The van der Waals surface area contributed by atoms with Gasteiger partial charge in [-0.15, -0.1) is 0 Å². The molecule has 1 heterocycles. The summed E-state index contributed by atoms with van der Waals surface area (Å²) in [5.74, 6) is 0. The van der Waals surface area contributed by atoms with Crippen LogP contribution in [0.3, 0.4) is 0 Å². The molecule has 2 N–H and O–H groups in total. The summed E-state index contributed by atoms with van der Waals surface area (Å²) in [6.07, 6.45) is 0. The Morgan fingerprint density at radius 3 is 2.71 bits per heavy atom. The smallest absolute Gasteiger partial charge is 0.0388 e. The fourth-order valence-electron chi connectivity index (χ4n) is 0.691. The van der Waals surface area contributed by atoms with Crippen molar-refractivity contribution in [3.63, 3.8) is 0 Å². The standard InChI is InChI=1S/C5H11N2/c1-5-4-6-2-3-7-5/h4-7H,2-3H2,1H3/t5-/m1/s1. The normalized spacial score (nSPS) is 33.0. The summed E-state index contributed by atoms with van der Waals surface area (Å²) in [6, 6.07) is 0.550. The lowest BCUT2D eigenvalue weighted by Gasteiger charge is -2.19. The predicted molar refractivity (Wildman–Crippen MR) is 29.8 cm³/mol. The second-order valence-corrected chi connectivity index (χ2v) is 1.86. The van der Waals surface area contributed by atoms with E-state index in [1.54, 1.807) is 0 Å². The third-order valence-electron chi connectivity index (χ3n) is 1.10. The lowest BCUT2D eigenvalue weighted by molar-refractivity contribution is 0.499. The molecule has 0 aromatic heterocycles. The van der Waals surface area contributed by atoms with Gasteiger partial charge in [-0.1, -0.05) is 0 Å². The summed E-state index contributed by atoms with van der Waals surface area (Å²) >= 11 is 0. The first kappa shape index (κ1) is 5.06. The number of hydrogen-bond donors (Lipinski definition) is 2. The van der Waals surface area contributed by atoms with Crippen LogP contribution < -0.4 is 10.6 Å². The molecule has 1 radical (unpaired) electrons. The highest BCUT2D eigenvalue weighted by Gasteiger charge is 2.03. The quantitative estimate of drug-likeness (QED) is 0.437. The molecule has 1 rings (SSSR count). The second kappa shape index (κ2) is 2.28. The van der Waals surface area contributed by atoms with Gasteiger partial charge in [-0.2, -0.15) is 0 Å². The molecule has 41 valence electrons. The zero-order chi connectivity index (χ0) is 5.11. The Morgan fingerprint density at radius 2 is 2.43 bits per heavy atom. The molecule has 0 saturated carbocycles. The molecule has 2 heteroatoms. The van der Waals surface area contributed by atoms with E-state index in [4.69, 9.17) is 0 Å². The number of piperazine rings is 1. The largest absolute Gasteiger partial charge is 0.311 e. The maximum atomic E-state index is 3.26. The van der Waals surface area contributed by atoms with Gasteiger partial charge in [0.15, 0.2) is 0 Å². The van der Waals surface area contributed by atoms with E-state index in [1.807, 2.05) is 0 Å². The molecular weight excluding hydrogens is 88.1 g/mol. The minimum Gasteiger partial charge on any atom is -0.311 e. The van der Waals surface area contributed by atoms with Crippen LogP contribution in [-0.2, 0) is 0 Å². The summed E-state index contributed by atoms with van der Waals surface area (Å²) in [4.78, 5) is 0. The molecule has 0 amide bonds. The van der Waals surface area contributed by atoms with E-state index in [0.717, 1.165) is 13.1 Å². The van der Waals surface area contributed by atoms with Crippen molar-refractivity contribution < 1.29 is 0 Å². The first-order valence-electron chi connectivity index (χ1n) is 2.70. The number of nitrogens with one attached hydrogen (secondary N) is 2. The average Bonchev–Trinajstić information content (AvgIpc) is 1.69. The zero-order valence-corrected chi connectivity index (χ0v) is 4.57. The molecule has 1 fully saturated rings. The summed E-state index contributed by atoms with van der Waals surface area (Å²) in [5.41, 5.74) is 0. The van der Waals surface area contributed by atoms with E-state index in [9.17, 15) is 0 Å². The monoisotopic (exact) mass is 99.1 g/mol. The van der Waals surface area contributed by atoms with Crippen molar-refractivity contribution in [1.29, 1.82) is 0 Å². The molecule has 1 saturated heterocycles. The van der Waals surface area contributed by atoms with Crippen molar-refractivity contribution in [1.82, 2.24) is 10.6 Å². The summed E-state index contributed by atoms with van der Waals surface area (Å²) < 4.78 is 0. The molecule has 1 aliphatic heterocycles. The Hall–Kier alpha value is -0.0800. The highest BCUT2D eigenvalue weighted by molar-refractivity contribution is 4.81. The average molecular weight is 99.2 g/mol. The van der Waals surface area contributed by atoms with Gasteiger partial charge in [-0.25, -0.2) is 0 Å². The van der Waals surface area contributed by atoms with Gasteiger partial charge >= 0.3 is 0 Å². The van der Waals surface area contributed by atoms with Crippen molar-refractivity contribution in [2.45, 2.75) is 13.0 Å². The minimum atomic E-state index is 0.550. The molecule has 0 bridgehead atoms. The van der Waals surface area contributed by atoms with E-state index in [0.29, 0.717) is 6.04 Å². The van der Waals surface area contributed by atoms with Crippen LogP contribution in [0, 0.1) is 6.54 Å². The summed E-state index contributed by atoms with van der Waals surface area (Å²) in [5, 5.41) is 6.41. The summed E-state index contributed by atoms with van der Waals surface area (Å²) in [6.45, 7) is 6.37. The summed E-state index contributed by atoms with van der Waals surface area (Å²) in [7, 11) is 0. The Labute approximate surface area is 44.3 Å². The van der Waals surface area contributed by atoms with Crippen molar-refractivity contribution >= 4 is 0 Å². The topological polar surface area (TPSA) is 24.1 Å². The second-order valence-electron chi connectivity index (χ2n) is 1.86. The van der Waals surface area contributed by atoms with Crippen LogP contribution in [0.25, 0.3) is 0 Å². The van der Waals surface area contributed by atoms with Gasteiger partial charge in [0.25, 0.3) is 0 Å². The van der Waals surface area contributed by atoms with E-state index in [1.165, 1.54) is 0 Å². The molecular formula is C5H11N2.